The van der Waals surface area contributed by atoms with E-state index in [0.717, 1.165) is 10.2 Å². The molecule has 7 heteroatoms. The van der Waals surface area contributed by atoms with Gasteiger partial charge in [-0.1, -0.05) is 52.2 Å². The first-order valence-electron chi connectivity index (χ1n) is 6.93. The number of fused-ring (bicyclic) bond motifs is 1. The largest absolute Gasteiger partial charge is 0.312 e. The lowest BCUT2D eigenvalue weighted by atomic mass is 10.2. The van der Waals surface area contributed by atoms with E-state index in [1.54, 1.807) is 30.3 Å². The highest BCUT2D eigenvalue weighted by Gasteiger charge is 2.10. The maximum Gasteiger partial charge on any atom is 0.279 e. The molecule has 0 aliphatic carbocycles. The molecular weight excluding hydrogens is 387 g/mol. The molecule has 1 aromatic heterocycles. The van der Waals surface area contributed by atoms with E-state index in [2.05, 4.69) is 11.6 Å². The third-order valence-corrected chi connectivity index (χ3v) is 4.98. The van der Waals surface area contributed by atoms with Crippen LogP contribution in [-0.2, 0) is 6.54 Å². The molecule has 1 heterocycles. The minimum atomic E-state index is -0.408. The lowest BCUT2D eigenvalue weighted by Gasteiger charge is -2.01. The quantitative estimate of drug-likeness (QED) is 0.530. The Labute approximate surface area is 157 Å². The van der Waals surface area contributed by atoms with Gasteiger partial charge in [-0.25, -0.2) is 0 Å². The summed E-state index contributed by atoms with van der Waals surface area (Å²) in [7, 11) is 0. The number of hydrogen-bond donors (Lipinski definition) is 0. The summed E-state index contributed by atoms with van der Waals surface area (Å²) in [6.45, 7) is 4.29. The molecule has 0 saturated carbocycles. The molecule has 0 radical (unpaired) electrons. The summed E-state index contributed by atoms with van der Waals surface area (Å²) in [5.41, 5.74) is 1.29. The molecule has 0 N–H and O–H groups in total. The van der Waals surface area contributed by atoms with E-state index in [0.29, 0.717) is 32.0 Å². The number of allylic oxidation sites excluding steroid dienone is 1. The molecule has 0 aliphatic rings. The van der Waals surface area contributed by atoms with Crippen molar-refractivity contribution in [3.63, 3.8) is 0 Å². The molecule has 3 nitrogen and oxygen atoms in total. The van der Waals surface area contributed by atoms with Gasteiger partial charge in [0.1, 0.15) is 0 Å². The number of amides is 1. The van der Waals surface area contributed by atoms with Gasteiger partial charge >= 0.3 is 0 Å². The molecule has 122 valence electrons. The van der Waals surface area contributed by atoms with E-state index in [1.807, 2.05) is 16.7 Å². The highest BCUT2D eigenvalue weighted by molar-refractivity contribution is 7.16. The van der Waals surface area contributed by atoms with Crippen molar-refractivity contribution in [2.24, 2.45) is 4.99 Å². The molecule has 2 aromatic carbocycles. The number of thiazole rings is 1. The number of carbonyl (C=O) groups is 1. The molecule has 3 rings (SSSR count). The Morgan fingerprint density at radius 3 is 2.50 bits per heavy atom. The van der Waals surface area contributed by atoms with Crippen molar-refractivity contribution >= 4 is 62.3 Å². The topological polar surface area (TPSA) is 34.4 Å². The number of aromatic nitrogens is 1. The molecule has 0 bridgehead atoms. The Kier molecular flexibility index (Phi) is 5.11. The third-order valence-electron chi connectivity index (χ3n) is 3.26. The van der Waals surface area contributed by atoms with Crippen molar-refractivity contribution in [1.82, 2.24) is 4.57 Å². The summed E-state index contributed by atoms with van der Waals surface area (Å²) in [5.74, 6) is -0.408. The van der Waals surface area contributed by atoms with Gasteiger partial charge in [0.05, 0.1) is 10.2 Å². The van der Waals surface area contributed by atoms with Gasteiger partial charge in [-0.05, 0) is 36.4 Å². The van der Waals surface area contributed by atoms with Crippen molar-refractivity contribution in [2.75, 3.05) is 0 Å². The van der Waals surface area contributed by atoms with Gasteiger partial charge in [0.2, 0.25) is 0 Å². The van der Waals surface area contributed by atoms with Crippen molar-refractivity contribution in [3.05, 3.63) is 74.5 Å². The van der Waals surface area contributed by atoms with Gasteiger partial charge in [-0.3, -0.25) is 4.79 Å². The number of carbonyl (C=O) groups excluding carboxylic acids is 1. The predicted molar refractivity (Wildman–Crippen MR) is 101 cm³/mol. The summed E-state index contributed by atoms with van der Waals surface area (Å²) < 4.78 is 2.85. The molecule has 0 unspecified atom stereocenters. The van der Waals surface area contributed by atoms with Gasteiger partial charge < -0.3 is 4.57 Å². The fraction of sp³-hybridized carbons (Fsp3) is 0.0588. The normalized spacial score (nSPS) is 11.9. The maximum absolute atomic E-state index is 12.5. The number of benzene rings is 2. The van der Waals surface area contributed by atoms with E-state index in [9.17, 15) is 4.79 Å². The Bertz CT molecular complexity index is 1000. The first-order chi connectivity index (χ1) is 11.5. The van der Waals surface area contributed by atoms with Crippen LogP contribution < -0.4 is 4.80 Å². The van der Waals surface area contributed by atoms with Crippen LogP contribution in [0.4, 0.5) is 0 Å². The highest BCUT2D eigenvalue weighted by Crippen LogP contribution is 2.23. The molecule has 24 heavy (non-hydrogen) atoms. The van der Waals surface area contributed by atoms with Crippen molar-refractivity contribution < 1.29 is 4.79 Å². The van der Waals surface area contributed by atoms with Crippen molar-refractivity contribution in [3.8, 4) is 0 Å². The maximum atomic E-state index is 12.5. The van der Waals surface area contributed by atoms with E-state index >= 15 is 0 Å². The molecule has 0 atom stereocenters. The van der Waals surface area contributed by atoms with Gasteiger partial charge in [-0.15, -0.1) is 6.58 Å². The zero-order valence-electron chi connectivity index (χ0n) is 12.3. The SMILES string of the molecule is C=CCn1c(=NC(=O)c2cc(Cl)cc(Cl)c2)sc2cc(Cl)ccc21. The third kappa shape index (κ3) is 3.57. The lowest BCUT2D eigenvalue weighted by Crippen LogP contribution is -2.16. The monoisotopic (exact) mass is 396 g/mol. The number of hydrogen-bond acceptors (Lipinski definition) is 2. The number of halogens is 3. The Morgan fingerprint density at radius 2 is 1.83 bits per heavy atom. The minimum Gasteiger partial charge on any atom is -0.312 e. The fourth-order valence-corrected chi connectivity index (χ4v) is 4.11. The summed E-state index contributed by atoms with van der Waals surface area (Å²) in [6.07, 6.45) is 1.75. The zero-order valence-corrected chi connectivity index (χ0v) is 15.4. The molecule has 3 aromatic rings. The van der Waals surface area contributed by atoms with E-state index in [1.165, 1.54) is 11.3 Å². The highest BCUT2D eigenvalue weighted by atomic mass is 35.5. The molecule has 0 spiro atoms. The number of rotatable bonds is 3. The van der Waals surface area contributed by atoms with Crippen LogP contribution in [0.1, 0.15) is 10.4 Å². The second-order valence-electron chi connectivity index (χ2n) is 4.97. The first kappa shape index (κ1) is 17.2. The average molecular weight is 398 g/mol. The minimum absolute atomic E-state index is 0.341. The van der Waals surface area contributed by atoms with Gasteiger partial charge in [0.15, 0.2) is 4.80 Å². The predicted octanol–water partition coefficient (Wildman–Crippen LogP) is 5.59. The molecule has 0 fully saturated rings. The lowest BCUT2D eigenvalue weighted by molar-refractivity contribution is 0.0998. The van der Waals surface area contributed by atoms with Gasteiger partial charge in [0.25, 0.3) is 5.91 Å². The molecule has 0 aliphatic heterocycles. The number of nitrogens with zero attached hydrogens (tertiary/aromatic N) is 2. The van der Waals surface area contributed by atoms with Crippen LogP contribution in [0.25, 0.3) is 10.2 Å². The summed E-state index contributed by atoms with van der Waals surface area (Å²) in [4.78, 5) is 17.3. The van der Waals surface area contributed by atoms with Gasteiger partial charge in [0, 0.05) is 27.2 Å². The second-order valence-corrected chi connectivity index (χ2v) is 7.29. The smallest absolute Gasteiger partial charge is 0.279 e. The molecule has 0 saturated heterocycles. The Morgan fingerprint density at radius 1 is 1.12 bits per heavy atom. The fourth-order valence-electron chi connectivity index (χ4n) is 2.27. The average Bonchev–Trinajstić information content (AvgIpc) is 2.83. The van der Waals surface area contributed by atoms with Crippen LogP contribution >= 0.6 is 46.1 Å². The van der Waals surface area contributed by atoms with Gasteiger partial charge in [-0.2, -0.15) is 4.99 Å². The van der Waals surface area contributed by atoms with Crippen LogP contribution in [0.15, 0.2) is 54.0 Å². The van der Waals surface area contributed by atoms with Crippen LogP contribution in [-0.4, -0.2) is 10.5 Å². The summed E-state index contributed by atoms with van der Waals surface area (Å²) in [6, 6.07) is 10.2. The summed E-state index contributed by atoms with van der Waals surface area (Å²) in [5, 5.41) is 1.42. The molecule has 1 amide bonds. The van der Waals surface area contributed by atoms with Crippen LogP contribution in [0.3, 0.4) is 0 Å². The van der Waals surface area contributed by atoms with Crippen molar-refractivity contribution in [1.29, 1.82) is 0 Å². The second kappa shape index (κ2) is 7.11. The Hall–Kier alpha value is -1.59. The van der Waals surface area contributed by atoms with Crippen LogP contribution in [0, 0.1) is 0 Å². The van der Waals surface area contributed by atoms with E-state index in [4.69, 9.17) is 34.8 Å². The van der Waals surface area contributed by atoms with Crippen LogP contribution in [0.5, 0.6) is 0 Å². The zero-order chi connectivity index (χ0) is 17.3. The van der Waals surface area contributed by atoms with E-state index in [-0.39, 0.29) is 0 Å². The molecular formula is C17H11Cl3N2OS. The summed E-state index contributed by atoms with van der Waals surface area (Å²) >= 11 is 19.3. The van der Waals surface area contributed by atoms with Crippen LogP contribution in [0.2, 0.25) is 15.1 Å². The van der Waals surface area contributed by atoms with E-state index < -0.39 is 5.91 Å². The van der Waals surface area contributed by atoms with Crippen molar-refractivity contribution in [2.45, 2.75) is 6.54 Å². The first-order valence-corrected chi connectivity index (χ1v) is 8.88. The Balaban J connectivity index is 2.16. The standard InChI is InChI=1S/C17H11Cl3N2OS/c1-2-5-22-14-4-3-11(18)9-15(14)24-17(22)21-16(23)10-6-12(19)8-13(20)7-10/h2-4,6-9H,1,5H2.